The van der Waals surface area contributed by atoms with E-state index in [9.17, 15) is 4.79 Å². The first-order valence-corrected chi connectivity index (χ1v) is 8.48. The molecule has 2 rings (SSSR count). The molecule has 1 saturated heterocycles. The van der Waals surface area contributed by atoms with Gasteiger partial charge in [0.2, 0.25) is 0 Å². The molecule has 0 unspecified atom stereocenters. The average Bonchev–Trinajstić information content (AvgIpc) is 2.56. The predicted molar refractivity (Wildman–Crippen MR) is 91.8 cm³/mol. The number of hydrogen-bond acceptors (Lipinski definition) is 3. The second-order valence-corrected chi connectivity index (χ2v) is 6.60. The first-order valence-electron chi connectivity index (χ1n) is 8.48. The zero-order chi connectivity index (χ0) is 16.7. The number of urea groups is 1. The molecule has 1 aliphatic heterocycles. The number of ether oxygens (including phenoxy) is 1. The summed E-state index contributed by atoms with van der Waals surface area (Å²) in [6, 6.07) is 7.42. The fraction of sp³-hybridized carbons (Fsp3) is 0.611. The molecule has 5 heteroatoms. The standard InChI is InChI=1S/C18H28N2O3/c1-14(2)9-12-23-17-5-3-16(4-6-17)19-18(22)20-10-7-15(13-21)8-11-20/h3-6,14-15,21H,7-13H2,1-2H3,(H,19,22). The Labute approximate surface area is 138 Å². The molecule has 1 aromatic rings. The van der Waals surface area contributed by atoms with Gasteiger partial charge in [0.1, 0.15) is 5.75 Å². The predicted octanol–water partition coefficient (Wildman–Crippen LogP) is 3.35. The van der Waals surface area contributed by atoms with E-state index in [0.29, 0.717) is 31.5 Å². The van der Waals surface area contributed by atoms with Crippen molar-refractivity contribution < 1.29 is 14.6 Å². The highest BCUT2D eigenvalue weighted by Gasteiger charge is 2.22. The van der Waals surface area contributed by atoms with Crippen LogP contribution in [0.25, 0.3) is 0 Å². The molecule has 2 N–H and O–H groups in total. The maximum atomic E-state index is 12.2. The van der Waals surface area contributed by atoms with Gasteiger partial charge in [-0.05, 0) is 55.4 Å². The molecular weight excluding hydrogens is 292 g/mol. The number of amides is 2. The highest BCUT2D eigenvalue weighted by atomic mass is 16.5. The number of nitrogens with zero attached hydrogens (tertiary/aromatic N) is 1. The number of likely N-dealkylation sites (tertiary alicyclic amines) is 1. The Hall–Kier alpha value is -1.75. The van der Waals surface area contributed by atoms with E-state index < -0.39 is 0 Å². The summed E-state index contributed by atoms with van der Waals surface area (Å²) in [5.74, 6) is 1.79. The fourth-order valence-electron chi connectivity index (χ4n) is 2.57. The summed E-state index contributed by atoms with van der Waals surface area (Å²) in [6.07, 6.45) is 2.77. The van der Waals surface area contributed by atoms with Crippen molar-refractivity contribution in [1.82, 2.24) is 4.90 Å². The molecular formula is C18H28N2O3. The summed E-state index contributed by atoms with van der Waals surface area (Å²) in [5, 5.41) is 12.1. The van der Waals surface area contributed by atoms with Gasteiger partial charge in [-0.3, -0.25) is 0 Å². The van der Waals surface area contributed by atoms with Crippen molar-refractivity contribution in [1.29, 1.82) is 0 Å². The molecule has 1 fully saturated rings. The summed E-state index contributed by atoms with van der Waals surface area (Å²) in [6.45, 7) is 6.68. The Morgan fingerprint density at radius 2 is 1.96 bits per heavy atom. The highest BCUT2D eigenvalue weighted by Crippen LogP contribution is 2.19. The lowest BCUT2D eigenvalue weighted by molar-refractivity contribution is 0.143. The van der Waals surface area contributed by atoms with Crippen LogP contribution in [0.4, 0.5) is 10.5 Å². The number of aliphatic hydroxyl groups excluding tert-OH is 1. The molecule has 128 valence electrons. The minimum atomic E-state index is -0.0742. The van der Waals surface area contributed by atoms with E-state index in [1.807, 2.05) is 24.3 Å². The van der Waals surface area contributed by atoms with Crippen molar-refractivity contribution >= 4 is 11.7 Å². The summed E-state index contributed by atoms with van der Waals surface area (Å²) in [7, 11) is 0. The summed E-state index contributed by atoms with van der Waals surface area (Å²) >= 11 is 0. The number of anilines is 1. The quantitative estimate of drug-likeness (QED) is 0.845. The van der Waals surface area contributed by atoms with Gasteiger partial charge in [0.25, 0.3) is 0 Å². The maximum absolute atomic E-state index is 12.2. The summed E-state index contributed by atoms with van der Waals surface area (Å²) in [5.41, 5.74) is 0.774. The SMILES string of the molecule is CC(C)CCOc1ccc(NC(=O)N2CCC(CO)CC2)cc1. The Balaban J connectivity index is 1.78. The Morgan fingerprint density at radius 1 is 1.30 bits per heavy atom. The monoisotopic (exact) mass is 320 g/mol. The van der Waals surface area contributed by atoms with E-state index in [4.69, 9.17) is 9.84 Å². The number of aliphatic hydroxyl groups is 1. The number of carbonyl (C=O) groups excluding carboxylic acids is 1. The van der Waals surface area contributed by atoms with Crippen LogP contribution in [0.3, 0.4) is 0 Å². The zero-order valence-corrected chi connectivity index (χ0v) is 14.1. The van der Waals surface area contributed by atoms with Crippen LogP contribution >= 0.6 is 0 Å². The van der Waals surface area contributed by atoms with Crippen LogP contribution in [0, 0.1) is 11.8 Å². The van der Waals surface area contributed by atoms with Gasteiger partial charge in [0, 0.05) is 25.4 Å². The largest absolute Gasteiger partial charge is 0.494 e. The maximum Gasteiger partial charge on any atom is 0.321 e. The molecule has 0 radical (unpaired) electrons. The third-order valence-corrected chi connectivity index (χ3v) is 4.23. The molecule has 0 aliphatic carbocycles. The van der Waals surface area contributed by atoms with Gasteiger partial charge in [0.15, 0.2) is 0 Å². The van der Waals surface area contributed by atoms with E-state index in [-0.39, 0.29) is 12.6 Å². The first kappa shape index (κ1) is 17.6. The number of hydrogen-bond donors (Lipinski definition) is 2. The lowest BCUT2D eigenvalue weighted by Crippen LogP contribution is -2.41. The molecule has 0 spiro atoms. The van der Waals surface area contributed by atoms with Gasteiger partial charge in [0.05, 0.1) is 6.61 Å². The fourth-order valence-corrected chi connectivity index (χ4v) is 2.57. The van der Waals surface area contributed by atoms with Crippen LogP contribution in [0.15, 0.2) is 24.3 Å². The van der Waals surface area contributed by atoms with Crippen LogP contribution in [-0.4, -0.2) is 42.3 Å². The molecule has 5 nitrogen and oxygen atoms in total. The molecule has 1 aliphatic rings. The summed E-state index contributed by atoms with van der Waals surface area (Å²) < 4.78 is 5.67. The van der Waals surface area contributed by atoms with Crippen molar-refractivity contribution in [2.75, 3.05) is 31.6 Å². The molecule has 2 amide bonds. The minimum absolute atomic E-state index is 0.0742. The molecule has 0 aromatic heterocycles. The minimum Gasteiger partial charge on any atom is -0.494 e. The van der Waals surface area contributed by atoms with E-state index in [1.165, 1.54) is 0 Å². The van der Waals surface area contributed by atoms with Gasteiger partial charge in [-0.1, -0.05) is 13.8 Å². The lowest BCUT2D eigenvalue weighted by atomic mass is 9.98. The lowest BCUT2D eigenvalue weighted by Gasteiger charge is -2.31. The van der Waals surface area contributed by atoms with E-state index in [2.05, 4.69) is 19.2 Å². The second-order valence-electron chi connectivity index (χ2n) is 6.60. The zero-order valence-electron chi connectivity index (χ0n) is 14.1. The number of nitrogens with one attached hydrogen (secondary N) is 1. The molecule has 0 atom stereocenters. The van der Waals surface area contributed by atoms with Gasteiger partial charge in [-0.2, -0.15) is 0 Å². The molecule has 1 heterocycles. The topological polar surface area (TPSA) is 61.8 Å². The smallest absolute Gasteiger partial charge is 0.321 e. The van der Waals surface area contributed by atoms with Gasteiger partial charge >= 0.3 is 6.03 Å². The Kier molecular flexibility index (Phi) is 6.71. The van der Waals surface area contributed by atoms with E-state index in [1.54, 1.807) is 4.90 Å². The average molecular weight is 320 g/mol. The van der Waals surface area contributed by atoms with Gasteiger partial charge in [-0.25, -0.2) is 4.79 Å². The number of piperidine rings is 1. The van der Waals surface area contributed by atoms with E-state index in [0.717, 1.165) is 30.7 Å². The normalized spacial score (nSPS) is 15.7. The summed E-state index contributed by atoms with van der Waals surface area (Å²) in [4.78, 5) is 14.0. The Morgan fingerprint density at radius 3 is 2.52 bits per heavy atom. The number of rotatable bonds is 6. The van der Waals surface area contributed by atoms with Crippen LogP contribution in [0.2, 0.25) is 0 Å². The number of benzene rings is 1. The van der Waals surface area contributed by atoms with Crippen LogP contribution in [0.5, 0.6) is 5.75 Å². The van der Waals surface area contributed by atoms with Crippen molar-refractivity contribution in [3.05, 3.63) is 24.3 Å². The van der Waals surface area contributed by atoms with Crippen molar-refractivity contribution in [3.8, 4) is 5.75 Å². The van der Waals surface area contributed by atoms with Crippen LogP contribution in [-0.2, 0) is 0 Å². The van der Waals surface area contributed by atoms with Crippen LogP contribution in [0.1, 0.15) is 33.1 Å². The molecule has 1 aromatic carbocycles. The van der Waals surface area contributed by atoms with Crippen molar-refractivity contribution in [2.24, 2.45) is 11.8 Å². The third kappa shape index (κ3) is 5.75. The Bertz CT molecular complexity index is 480. The van der Waals surface area contributed by atoms with Gasteiger partial charge < -0.3 is 20.1 Å². The first-order chi connectivity index (χ1) is 11.1. The van der Waals surface area contributed by atoms with Crippen molar-refractivity contribution in [2.45, 2.75) is 33.1 Å². The molecule has 0 saturated carbocycles. The number of carbonyl (C=O) groups is 1. The molecule has 23 heavy (non-hydrogen) atoms. The van der Waals surface area contributed by atoms with Crippen molar-refractivity contribution in [3.63, 3.8) is 0 Å². The molecule has 0 bridgehead atoms. The van der Waals surface area contributed by atoms with Gasteiger partial charge in [-0.15, -0.1) is 0 Å². The van der Waals surface area contributed by atoms with Crippen LogP contribution < -0.4 is 10.1 Å². The van der Waals surface area contributed by atoms with E-state index >= 15 is 0 Å². The highest BCUT2D eigenvalue weighted by molar-refractivity contribution is 5.89. The second kappa shape index (κ2) is 8.77. The third-order valence-electron chi connectivity index (χ3n) is 4.23.